The smallest absolute Gasteiger partial charge is 0.155 e. The number of fused-ring (bicyclic) bond motifs is 1. The van der Waals surface area contributed by atoms with Gasteiger partial charge in [-0.15, -0.1) is 16.4 Å². The lowest BCUT2D eigenvalue weighted by atomic mass is 9.60. The number of halogens is 1. The van der Waals surface area contributed by atoms with Crippen LogP contribution < -0.4 is 38.4 Å². The molecule has 0 unspecified atom stereocenters. The van der Waals surface area contributed by atoms with Gasteiger partial charge in [-0.25, -0.2) is 19.5 Å². The third-order valence-electron chi connectivity index (χ3n) is 6.53. The predicted octanol–water partition coefficient (Wildman–Crippen LogP) is -5.24. The Kier molecular flexibility index (Phi) is 5.89. The summed E-state index contributed by atoms with van der Waals surface area (Å²) >= 11 is 6.37. The highest BCUT2D eigenvalue weighted by atomic mass is 35.5. The van der Waals surface area contributed by atoms with Crippen molar-refractivity contribution in [2.45, 2.75) is 13.0 Å². The average molecular weight is 450 g/mol. The second-order valence-corrected chi connectivity index (χ2v) is 8.65. The third-order valence-corrected chi connectivity index (χ3v) is 6.78. The zero-order valence-corrected chi connectivity index (χ0v) is 20.2. The summed E-state index contributed by atoms with van der Waals surface area (Å²) in [7, 11) is 10.6. The van der Waals surface area contributed by atoms with Crippen molar-refractivity contribution in [1.29, 1.82) is 5.26 Å². The number of benzene rings is 1. The number of nitriles is 1. The summed E-state index contributed by atoms with van der Waals surface area (Å²) < 4.78 is 1.64. The molecule has 3 heterocycles. The highest BCUT2D eigenvalue weighted by Crippen LogP contribution is 2.29. The summed E-state index contributed by atoms with van der Waals surface area (Å²) in [6.07, 6.45) is 2.92. The van der Waals surface area contributed by atoms with Crippen molar-refractivity contribution >= 4 is 95.4 Å². The molecule has 33 heavy (non-hydrogen) atoms. The molecule has 158 valence electrons. The Morgan fingerprint density at radius 2 is 1.70 bits per heavy atom. The van der Waals surface area contributed by atoms with Crippen LogP contribution in [0.1, 0.15) is 24.1 Å². The number of nitrogens with two attached hydrogens (primary N) is 1. The molecule has 1 atom stereocenters. The lowest BCUT2D eigenvalue weighted by Gasteiger charge is -2.24. The first-order valence-electron chi connectivity index (χ1n) is 10.5. The maximum absolute atomic E-state index is 9.53. The Morgan fingerprint density at radius 1 is 1.06 bits per heavy atom. The van der Waals surface area contributed by atoms with Crippen molar-refractivity contribution in [2.75, 3.05) is 11.1 Å². The topological polar surface area (TPSA) is 118 Å². The SMILES string of the molecule is Bc1c(B)c(B)c(-c2nn3c(Cl)cnc3cc2[C@H](C)Nc2ncnc(N)c2C#N)c(B)c1B. The molecule has 3 N–H and O–H groups in total. The van der Waals surface area contributed by atoms with Gasteiger partial charge in [0.25, 0.3) is 0 Å². The van der Waals surface area contributed by atoms with Gasteiger partial charge in [-0.2, -0.15) is 10.4 Å². The lowest BCUT2D eigenvalue weighted by molar-refractivity contribution is 0.841. The Labute approximate surface area is 201 Å². The third kappa shape index (κ3) is 3.74. The van der Waals surface area contributed by atoms with E-state index in [4.69, 9.17) is 22.4 Å². The van der Waals surface area contributed by atoms with E-state index in [0.717, 1.165) is 27.7 Å². The van der Waals surface area contributed by atoms with Crippen LogP contribution in [0.2, 0.25) is 5.15 Å². The second kappa shape index (κ2) is 8.52. The minimum Gasteiger partial charge on any atom is -0.382 e. The first kappa shape index (κ1) is 22.8. The molecule has 4 rings (SSSR count). The molecule has 0 bridgehead atoms. The number of nitrogen functional groups attached to an aromatic ring is 1. The molecule has 0 amide bonds. The molecule has 0 spiro atoms. The largest absolute Gasteiger partial charge is 0.382 e. The van der Waals surface area contributed by atoms with Gasteiger partial charge in [0.15, 0.2) is 10.8 Å². The molecule has 0 aliphatic heterocycles. The average Bonchev–Trinajstić information content (AvgIpc) is 3.16. The van der Waals surface area contributed by atoms with E-state index in [9.17, 15) is 5.26 Å². The molecule has 0 aliphatic rings. The first-order valence-corrected chi connectivity index (χ1v) is 10.9. The summed E-state index contributed by atoms with van der Waals surface area (Å²) in [5.74, 6) is 0.502. The summed E-state index contributed by atoms with van der Waals surface area (Å²) in [4.78, 5) is 12.5. The molecule has 8 nitrogen and oxygen atoms in total. The van der Waals surface area contributed by atoms with E-state index in [1.807, 2.05) is 13.0 Å². The van der Waals surface area contributed by atoms with Gasteiger partial charge >= 0.3 is 0 Å². The van der Waals surface area contributed by atoms with Gasteiger partial charge < -0.3 is 11.1 Å². The maximum Gasteiger partial charge on any atom is 0.155 e. The number of aromatic nitrogens is 5. The number of imidazole rings is 1. The Morgan fingerprint density at radius 3 is 2.33 bits per heavy atom. The minimum atomic E-state index is -0.268. The van der Waals surface area contributed by atoms with Crippen LogP contribution in [0.3, 0.4) is 0 Å². The van der Waals surface area contributed by atoms with E-state index >= 15 is 0 Å². The van der Waals surface area contributed by atoms with Crippen LogP contribution in [-0.4, -0.2) is 63.8 Å². The van der Waals surface area contributed by atoms with Gasteiger partial charge in [0.05, 0.1) is 17.9 Å². The van der Waals surface area contributed by atoms with Crippen LogP contribution in [0.15, 0.2) is 18.6 Å². The molecule has 4 aromatic rings. The van der Waals surface area contributed by atoms with E-state index in [-0.39, 0.29) is 17.4 Å². The normalized spacial score (nSPS) is 11.9. The molecule has 0 fully saturated rings. The molecule has 0 radical (unpaired) electrons. The number of nitrogens with zero attached hydrogens (tertiary/aromatic N) is 6. The van der Waals surface area contributed by atoms with E-state index in [2.05, 4.69) is 65.6 Å². The second-order valence-electron chi connectivity index (χ2n) is 8.26. The van der Waals surface area contributed by atoms with Gasteiger partial charge in [-0.1, -0.05) is 22.5 Å². The van der Waals surface area contributed by atoms with Gasteiger partial charge in [0.2, 0.25) is 0 Å². The molecule has 0 saturated heterocycles. The van der Waals surface area contributed by atoms with Crippen LogP contribution in [0.4, 0.5) is 11.6 Å². The molecular weight excluding hydrogens is 430 g/mol. The van der Waals surface area contributed by atoms with E-state index in [1.54, 1.807) is 10.7 Å². The van der Waals surface area contributed by atoms with Crippen LogP contribution in [-0.2, 0) is 0 Å². The van der Waals surface area contributed by atoms with Crippen LogP contribution in [0.5, 0.6) is 0 Å². The van der Waals surface area contributed by atoms with Crippen molar-refractivity contribution < 1.29 is 0 Å². The van der Waals surface area contributed by atoms with Crippen molar-refractivity contribution in [3.8, 4) is 17.3 Å². The molecule has 0 saturated carbocycles. The Balaban J connectivity index is 1.97. The van der Waals surface area contributed by atoms with E-state index in [0.29, 0.717) is 16.6 Å². The van der Waals surface area contributed by atoms with E-state index < -0.39 is 0 Å². The van der Waals surface area contributed by atoms with Crippen LogP contribution in [0.25, 0.3) is 16.9 Å². The number of nitrogens with one attached hydrogen (secondary N) is 1. The highest BCUT2D eigenvalue weighted by Gasteiger charge is 2.23. The minimum absolute atomic E-state index is 0.132. The quantitative estimate of drug-likeness (QED) is 0.299. The fourth-order valence-electron chi connectivity index (χ4n) is 4.18. The van der Waals surface area contributed by atoms with E-state index in [1.165, 1.54) is 22.7 Å². The van der Waals surface area contributed by atoms with Gasteiger partial charge in [0, 0.05) is 5.56 Å². The number of rotatable bonds is 4. The van der Waals surface area contributed by atoms with Crippen LogP contribution in [0, 0.1) is 11.3 Å². The summed E-state index contributed by atoms with van der Waals surface area (Å²) in [5.41, 5.74) is 15.5. The van der Waals surface area contributed by atoms with Gasteiger partial charge in [-0.3, -0.25) is 0 Å². The number of anilines is 2. The van der Waals surface area contributed by atoms with Crippen molar-refractivity contribution in [3.63, 3.8) is 0 Å². The van der Waals surface area contributed by atoms with Crippen LogP contribution >= 0.6 is 11.6 Å². The Bertz CT molecular complexity index is 1440. The molecule has 1 aromatic carbocycles. The maximum atomic E-state index is 9.53. The van der Waals surface area contributed by atoms with Crippen molar-refractivity contribution in [1.82, 2.24) is 24.6 Å². The summed E-state index contributed by atoms with van der Waals surface area (Å²) in [6, 6.07) is 3.77. The molecule has 3 aromatic heterocycles. The fourth-order valence-corrected chi connectivity index (χ4v) is 4.36. The molecule has 14 heteroatoms. The first-order chi connectivity index (χ1) is 15.6. The summed E-state index contributed by atoms with van der Waals surface area (Å²) in [5, 5.41) is 18.2. The molecular formula is C19H20B5ClN8. The predicted molar refractivity (Wildman–Crippen MR) is 148 cm³/mol. The highest BCUT2D eigenvalue weighted by molar-refractivity contribution is 6.68. The fraction of sp³-hybridized carbons (Fsp3) is 0.105. The number of hydrogen-bond donors (Lipinski definition) is 2. The van der Waals surface area contributed by atoms with Crippen molar-refractivity contribution in [2.24, 2.45) is 0 Å². The summed E-state index contributed by atoms with van der Waals surface area (Å²) in [6.45, 7) is 1.99. The molecule has 0 aliphatic carbocycles. The monoisotopic (exact) mass is 450 g/mol. The number of hydrogen-bond acceptors (Lipinski definition) is 7. The van der Waals surface area contributed by atoms with Gasteiger partial charge in [0.1, 0.15) is 68.8 Å². The standard InChI is InChI=1S/C19H20B5ClN8/c1-6(31-19-8(3-26)18(27)29-5-30-19)7-2-10-28-4-9(25)33(10)32-17(7)11-12(20)14(22)16(24)15(23)13(11)21/h2,4-6H,20-24H2,1H3,(H3,27,29,30,31)/t6-/m0/s1. The lowest BCUT2D eigenvalue weighted by Crippen LogP contribution is -2.55. The van der Waals surface area contributed by atoms with Crippen molar-refractivity contribution in [3.05, 3.63) is 34.9 Å². The zero-order chi connectivity index (χ0) is 24.0. The Hall–Kier alpha value is -3.38. The van der Waals surface area contributed by atoms with Gasteiger partial charge in [-0.05, 0) is 18.6 Å². The zero-order valence-electron chi connectivity index (χ0n) is 19.4.